The second-order valence-electron chi connectivity index (χ2n) is 6.74. The van der Waals surface area contributed by atoms with Crippen molar-refractivity contribution in [2.75, 3.05) is 0 Å². The van der Waals surface area contributed by atoms with E-state index in [4.69, 9.17) is 9.31 Å². The maximum absolute atomic E-state index is 13.3. The van der Waals surface area contributed by atoms with Crippen molar-refractivity contribution in [3.63, 3.8) is 0 Å². The molecule has 5 nitrogen and oxygen atoms in total. The Morgan fingerprint density at radius 1 is 0.862 bits per heavy atom. The minimum absolute atomic E-state index is 0.202. The van der Waals surface area contributed by atoms with Crippen molar-refractivity contribution >= 4 is 17.1 Å². The lowest BCUT2D eigenvalue weighted by molar-refractivity contribution is 0.491. The molecule has 146 valence electrons. The zero-order valence-electron chi connectivity index (χ0n) is 15.9. The molecular formula is C22H20BNO4S. The molecule has 3 aromatic carbocycles. The van der Waals surface area contributed by atoms with Crippen molar-refractivity contribution in [3.05, 3.63) is 102 Å². The normalized spacial score (nSPS) is 13.1. The van der Waals surface area contributed by atoms with Crippen molar-refractivity contribution in [1.82, 2.24) is 4.31 Å². The van der Waals surface area contributed by atoms with Gasteiger partial charge in [0.1, 0.15) is 11.5 Å². The summed E-state index contributed by atoms with van der Waals surface area (Å²) in [5.41, 5.74) is 1.88. The molecule has 0 N–H and O–H groups in total. The van der Waals surface area contributed by atoms with Crippen molar-refractivity contribution in [3.8, 4) is 11.5 Å². The van der Waals surface area contributed by atoms with Gasteiger partial charge >= 0.3 is 7.12 Å². The van der Waals surface area contributed by atoms with Crippen molar-refractivity contribution in [1.29, 1.82) is 0 Å². The van der Waals surface area contributed by atoms with E-state index in [1.165, 1.54) is 10.5 Å². The number of hydrogen-bond acceptors (Lipinski definition) is 4. The number of sulfonamides is 1. The van der Waals surface area contributed by atoms with Crippen molar-refractivity contribution < 1.29 is 17.7 Å². The third-order valence-electron chi connectivity index (χ3n) is 4.55. The standard InChI is InChI=1S/C22H20BNO4S/c1-18-11-13-20(14-12-18)29(25,26)24(17-19-7-3-2-4-8-19)16-15-23-27-21-9-5-6-10-22(21)28-23/h2-16H,17H2,1H3/b16-15+. The van der Waals surface area contributed by atoms with Gasteiger partial charge < -0.3 is 9.31 Å². The van der Waals surface area contributed by atoms with Crippen LogP contribution in [0, 0.1) is 6.92 Å². The summed E-state index contributed by atoms with van der Waals surface area (Å²) in [7, 11) is -4.42. The first-order chi connectivity index (χ1) is 14.0. The summed E-state index contributed by atoms with van der Waals surface area (Å²) in [6, 6.07) is 23.6. The lowest BCUT2D eigenvalue weighted by Crippen LogP contribution is -2.28. The Morgan fingerprint density at radius 3 is 2.07 bits per heavy atom. The number of aryl methyl sites for hydroxylation is 1. The van der Waals surface area contributed by atoms with Crippen LogP contribution in [0.15, 0.2) is 95.9 Å². The maximum atomic E-state index is 13.3. The van der Waals surface area contributed by atoms with E-state index in [1.54, 1.807) is 30.2 Å². The fraction of sp³-hybridized carbons (Fsp3) is 0.0909. The quantitative estimate of drug-likeness (QED) is 0.577. The fourth-order valence-electron chi connectivity index (χ4n) is 2.99. The molecule has 1 heterocycles. The minimum atomic E-state index is -3.74. The Morgan fingerprint density at radius 2 is 1.45 bits per heavy atom. The van der Waals surface area contributed by atoms with Crippen LogP contribution in [0.4, 0.5) is 0 Å². The Balaban J connectivity index is 1.61. The second-order valence-corrected chi connectivity index (χ2v) is 8.63. The lowest BCUT2D eigenvalue weighted by atomic mass is 9.91. The number of fused-ring (bicyclic) bond motifs is 1. The molecule has 0 radical (unpaired) electrons. The number of benzene rings is 3. The highest BCUT2D eigenvalue weighted by Gasteiger charge is 2.30. The maximum Gasteiger partial charge on any atom is 0.626 e. The summed E-state index contributed by atoms with van der Waals surface area (Å²) in [5, 5.41) is 0. The monoisotopic (exact) mass is 405 g/mol. The summed E-state index contributed by atoms with van der Waals surface area (Å²) in [4.78, 5) is 0.236. The first kappa shape index (κ1) is 19.1. The Bertz CT molecular complexity index is 1090. The van der Waals surface area contributed by atoms with E-state index in [9.17, 15) is 8.42 Å². The third-order valence-corrected chi connectivity index (χ3v) is 6.29. The molecule has 1 aliphatic heterocycles. The summed E-state index contributed by atoms with van der Waals surface area (Å²) in [5.74, 6) is 2.88. The second kappa shape index (κ2) is 8.05. The highest BCUT2D eigenvalue weighted by atomic mass is 32.2. The Labute approximate surface area is 171 Å². The van der Waals surface area contributed by atoms with Gasteiger partial charge in [0.05, 0.1) is 11.4 Å². The van der Waals surface area contributed by atoms with Gasteiger partial charge in [-0.3, -0.25) is 4.31 Å². The molecule has 4 rings (SSSR count). The first-order valence-corrected chi connectivity index (χ1v) is 10.7. The van der Waals surface area contributed by atoms with Gasteiger partial charge in [0.15, 0.2) is 0 Å². The van der Waals surface area contributed by atoms with E-state index in [-0.39, 0.29) is 11.4 Å². The molecule has 0 saturated heterocycles. The largest absolute Gasteiger partial charge is 0.626 e. The fourth-order valence-corrected chi connectivity index (χ4v) is 4.29. The van der Waals surface area contributed by atoms with Gasteiger partial charge in [-0.25, -0.2) is 8.42 Å². The van der Waals surface area contributed by atoms with Gasteiger partial charge in [-0.1, -0.05) is 60.2 Å². The molecule has 29 heavy (non-hydrogen) atoms. The van der Waals surface area contributed by atoms with Gasteiger partial charge in [0, 0.05) is 6.20 Å². The number of hydrogen-bond donors (Lipinski definition) is 0. The van der Waals surface area contributed by atoms with E-state index in [0.29, 0.717) is 11.5 Å². The lowest BCUT2D eigenvalue weighted by Gasteiger charge is -2.21. The van der Waals surface area contributed by atoms with Crippen LogP contribution in [0.1, 0.15) is 11.1 Å². The smallest absolute Gasteiger partial charge is 0.520 e. The summed E-state index contributed by atoms with van der Waals surface area (Å²) < 4.78 is 39.3. The highest BCUT2D eigenvalue weighted by Crippen LogP contribution is 2.33. The van der Waals surface area contributed by atoms with Gasteiger partial charge in [0.2, 0.25) is 0 Å². The van der Waals surface area contributed by atoms with Crippen LogP contribution in [0.3, 0.4) is 0 Å². The summed E-state index contributed by atoms with van der Waals surface area (Å²) >= 11 is 0. The molecule has 0 amide bonds. The average molecular weight is 405 g/mol. The van der Waals surface area contributed by atoms with Gasteiger partial charge in [-0.2, -0.15) is 0 Å². The number of rotatable bonds is 6. The first-order valence-electron chi connectivity index (χ1n) is 9.25. The predicted molar refractivity (Wildman–Crippen MR) is 113 cm³/mol. The van der Waals surface area contributed by atoms with Crippen LogP contribution in [0.25, 0.3) is 0 Å². The van der Waals surface area contributed by atoms with Crippen molar-refractivity contribution in [2.45, 2.75) is 18.4 Å². The Hall–Kier alpha value is -3.19. The molecule has 0 aromatic heterocycles. The zero-order valence-corrected chi connectivity index (χ0v) is 16.7. The van der Waals surface area contributed by atoms with Crippen LogP contribution in [0.2, 0.25) is 0 Å². The molecule has 0 unspecified atom stereocenters. The SMILES string of the molecule is Cc1ccc(S(=O)(=O)N(/C=C/B2Oc3ccccc3O2)Cc2ccccc2)cc1. The highest BCUT2D eigenvalue weighted by molar-refractivity contribution is 7.89. The molecule has 0 aliphatic carbocycles. The van der Waals surface area contributed by atoms with Gasteiger partial charge in [-0.05, 0) is 42.7 Å². The van der Waals surface area contributed by atoms with Crippen LogP contribution in [-0.4, -0.2) is 19.8 Å². The summed E-state index contributed by atoms with van der Waals surface area (Å²) in [6.07, 6.45) is 1.51. The van der Waals surface area contributed by atoms with Gasteiger partial charge in [-0.15, -0.1) is 0 Å². The van der Waals surface area contributed by atoms with Crippen LogP contribution < -0.4 is 9.31 Å². The molecule has 1 aliphatic rings. The number of nitrogens with zero attached hydrogens (tertiary/aromatic N) is 1. The molecule has 3 aromatic rings. The molecule has 0 atom stereocenters. The molecule has 0 fully saturated rings. The molecule has 0 bridgehead atoms. The molecular weight excluding hydrogens is 385 g/mol. The minimum Gasteiger partial charge on any atom is -0.520 e. The number of para-hydroxylation sites is 2. The molecule has 7 heteroatoms. The van der Waals surface area contributed by atoms with E-state index < -0.39 is 17.1 Å². The van der Waals surface area contributed by atoms with E-state index in [2.05, 4.69) is 0 Å². The molecule has 0 saturated carbocycles. The Kier molecular flexibility index (Phi) is 5.31. The summed E-state index contributed by atoms with van der Waals surface area (Å²) in [6.45, 7) is 2.12. The van der Waals surface area contributed by atoms with Crippen LogP contribution in [-0.2, 0) is 16.6 Å². The van der Waals surface area contributed by atoms with E-state index in [1.807, 2.05) is 61.5 Å². The van der Waals surface area contributed by atoms with Gasteiger partial charge in [0.25, 0.3) is 10.0 Å². The average Bonchev–Trinajstić information content (AvgIpc) is 3.15. The van der Waals surface area contributed by atoms with Crippen LogP contribution >= 0.6 is 0 Å². The third kappa shape index (κ3) is 4.30. The zero-order chi connectivity index (χ0) is 20.3. The predicted octanol–water partition coefficient (Wildman–Crippen LogP) is 4.20. The molecule has 0 spiro atoms. The van der Waals surface area contributed by atoms with E-state index in [0.717, 1.165) is 11.1 Å². The topological polar surface area (TPSA) is 55.8 Å². The van der Waals surface area contributed by atoms with E-state index >= 15 is 0 Å². The van der Waals surface area contributed by atoms with Crippen molar-refractivity contribution in [2.24, 2.45) is 0 Å². The van der Waals surface area contributed by atoms with Crippen LogP contribution in [0.5, 0.6) is 11.5 Å².